The highest BCUT2D eigenvalue weighted by Gasteiger charge is 2.76. The Balaban J connectivity index is 1.70. The topological polar surface area (TPSA) is 108 Å². The zero-order valence-electron chi connectivity index (χ0n) is 18.6. The number of amides is 3. The number of alkyl halides is 1. The third kappa shape index (κ3) is 3.96. The monoisotopic (exact) mass is 541 g/mol. The van der Waals surface area contributed by atoms with Gasteiger partial charge in [0.15, 0.2) is 0 Å². The van der Waals surface area contributed by atoms with Gasteiger partial charge in [-0.15, -0.1) is 0 Å². The number of anilines is 1. The van der Waals surface area contributed by atoms with E-state index < -0.39 is 29.6 Å². The maximum absolute atomic E-state index is 13.7. The fourth-order valence-corrected chi connectivity index (χ4v) is 6.90. The lowest BCUT2D eigenvalue weighted by Crippen LogP contribution is -2.54. The summed E-state index contributed by atoms with van der Waals surface area (Å²) in [6.45, 7) is 2.27. The minimum atomic E-state index is -1.09. The summed E-state index contributed by atoms with van der Waals surface area (Å²) in [6, 6.07) is 4.47. The molecule has 2 bridgehead atoms. The molecule has 3 fully saturated rings. The van der Waals surface area contributed by atoms with E-state index in [2.05, 4.69) is 26.6 Å². The van der Waals surface area contributed by atoms with E-state index >= 15 is 0 Å². The third-order valence-electron chi connectivity index (χ3n) is 7.11. The molecule has 8 nitrogen and oxygen atoms in total. The summed E-state index contributed by atoms with van der Waals surface area (Å²) < 4.78 is 6.39. The zero-order valence-corrected chi connectivity index (χ0v) is 21.0. The van der Waals surface area contributed by atoms with Gasteiger partial charge in [0, 0.05) is 25.0 Å². The molecule has 1 aromatic carbocycles. The first kappa shape index (κ1) is 24.4. The van der Waals surface area contributed by atoms with Crippen LogP contribution in [0.3, 0.4) is 0 Å². The molecule has 1 aromatic rings. The van der Waals surface area contributed by atoms with Gasteiger partial charge in [-0.05, 0) is 44.2 Å². The highest BCUT2D eigenvalue weighted by molar-refractivity contribution is 9.09. The number of carbonyl (C=O) groups excluding carboxylic acids is 3. The van der Waals surface area contributed by atoms with Crippen LogP contribution >= 0.6 is 27.5 Å². The SMILES string of the molecule is CNC(=O)[C@H]1[C@@H]2OC3(CC2Br)C(C(=O)Nc2c(C)cccc2Cl)N(CCCCCO)C(=O)[C@H]13. The van der Waals surface area contributed by atoms with Crippen molar-refractivity contribution in [3.63, 3.8) is 0 Å². The van der Waals surface area contributed by atoms with E-state index in [4.69, 9.17) is 21.4 Å². The van der Waals surface area contributed by atoms with Crippen LogP contribution in [0.5, 0.6) is 0 Å². The molecule has 0 saturated carbocycles. The number of halogens is 2. The summed E-state index contributed by atoms with van der Waals surface area (Å²) in [5, 5.41) is 15.1. The first-order valence-corrected chi connectivity index (χ1v) is 12.6. The number of unbranched alkanes of at least 4 members (excludes halogenated alkanes) is 2. The van der Waals surface area contributed by atoms with Crippen molar-refractivity contribution in [3.8, 4) is 0 Å². The maximum atomic E-state index is 13.7. The summed E-state index contributed by atoms with van der Waals surface area (Å²) in [5.74, 6) is -2.25. The number of likely N-dealkylation sites (tertiary alicyclic amines) is 1. The largest absolute Gasteiger partial charge is 0.396 e. The number of ether oxygens (including phenoxy) is 1. The van der Waals surface area contributed by atoms with Crippen LogP contribution in [-0.2, 0) is 19.1 Å². The van der Waals surface area contributed by atoms with Crippen molar-refractivity contribution in [2.75, 3.05) is 25.5 Å². The maximum Gasteiger partial charge on any atom is 0.250 e. The number of benzene rings is 1. The molecule has 0 aromatic heterocycles. The standard InChI is InChI=1S/C23H29BrClN3O5/c1-12-7-6-8-14(25)17(12)27-21(31)19-23-11-13(24)18(33-23)15(20(30)26-2)16(23)22(32)28(19)9-4-3-5-10-29/h6-8,13,15-16,18-19,29H,3-5,9-11H2,1-2H3,(H,26,30)(H,27,31)/t13?,15-,16+,18-,19?,23?/m1/s1. The van der Waals surface area contributed by atoms with Crippen molar-refractivity contribution in [1.29, 1.82) is 0 Å². The number of aliphatic hydroxyl groups excluding tert-OH is 1. The van der Waals surface area contributed by atoms with E-state index in [9.17, 15) is 14.4 Å². The van der Waals surface area contributed by atoms with Crippen LogP contribution in [0.4, 0.5) is 5.69 Å². The van der Waals surface area contributed by atoms with Crippen LogP contribution in [0.15, 0.2) is 18.2 Å². The zero-order chi connectivity index (χ0) is 23.9. The fraction of sp³-hybridized carbons (Fsp3) is 0.609. The summed E-state index contributed by atoms with van der Waals surface area (Å²) in [7, 11) is 1.54. The summed E-state index contributed by atoms with van der Waals surface area (Å²) >= 11 is 9.98. The minimum absolute atomic E-state index is 0.0744. The van der Waals surface area contributed by atoms with Crippen LogP contribution in [0.25, 0.3) is 0 Å². The predicted octanol–water partition coefficient (Wildman–Crippen LogP) is 2.24. The van der Waals surface area contributed by atoms with Crippen molar-refractivity contribution in [2.45, 2.75) is 55.2 Å². The van der Waals surface area contributed by atoms with E-state index in [1.54, 1.807) is 24.1 Å². The second kappa shape index (κ2) is 9.52. The Morgan fingerprint density at radius 1 is 1.30 bits per heavy atom. The molecule has 1 spiro atoms. The molecule has 3 amide bonds. The van der Waals surface area contributed by atoms with E-state index in [1.807, 2.05) is 13.0 Å². The van der Waals surface area contributed by atoms with Gasteiger partial charge in [-0.1, -0.05) is 39.7 Å². The summed E-state index contributed by atoms with van der Waals surface area (Å²) in [4.78, 5) is 41.6. The Kier molecular flexibility index (Phi) is 7.05. The molecule has 6 atom stereocenters. The van der Waals surface area contributed by atoms with E-state index in [0.717, 1.165) is 12.0 Å². The molecule has 3 aliphatic heterocycles. The quantitative estimate of drug-likeness (QED) is 0.345. The first-order chi connectivity index (χ1) is 15.8. The number of nitrogens with one attached hydrogen (secondary N) is 2. The number of carbonyl (C=O) groups is 3. The Labute approximate surface area is 206 Å². The number of rotatable bonds is 8. The Bertz CT molecular complexity index is 942. The fourth-order valence-electron chi connectivity index (χ4n) is 5.69. The van der Waals surface area contributed by atoms with Gasteiger partial charge in [0.05, 0.1) is 28.6 Å². The lowest BCUT2D eigenvalue weighted by atomic mass is 9.70. The number of hydrogen-bond acceptors (Lipinski definition) is 5. The molecule has 3 heterocycles. The predicted molar refractivity (Wildman–Crippen MR) is 127 cm³/mol. The number of nitrogens with zero attached hydrogens (tertiary/aromatic N) is 1. The van der Waals surface area contributed by atoms with Gasteiger partial charge in [-0.25, -0.2) is 0 Å². The van der Waals surface area contributed by atoms with Crippen LogP contribution in [0.2, 0.25) is 5.02 Å². The van der Waals surface area contributed by atoms with Crippen LogP contribution in [-0.4, -0.2) is 70.5 Å². The number of para-hydroxylation sites is 1. The lowest BCUT2D eigenvalue weighted by molar-refractivity contribution is -0.140. The number of aliphatic hydroxyl groups is 1. The van der Waals surface area contributed by atoms with Gasteiger partial charge in [0.25, 0.3) is 0 Å². The van der Waals surface area contributed by atoms with E-state index in [0.29, 0.717) is 36.5 Å². The minimum Gasteiger partial charge on any atom is -0.396 e. The second-order valence-electron chi connectivity index (χ2n) is 9.01. The molecule has 33 heavy (non-hydrogen) atoms. The molecular weight excluding hydrogens is 514 g/mol. The second-order valence-corrected chi connectivity index (χ2v) is 10.6. The molecule has 3 aliphatic rings. The normalized spacial score (nSPS) is 32.2. The average molecular weight is 543 g/mol. The van der Waals surface area contributed by atoms with Gasteiger partial charge >= 0.3 is 0 Å². The average Bonchev–Trinajstić information content (AvgIpc) is 3.37. The first-order valence-electron chi connectivity index (χ1n) is 11.3. The Morgan fingerprint density at radius 3 is 2.73 bits per heavy atom. The Hall–Kier alpha value is -1.68. The molecule has 0 aliphatic carbocycles. The molecule has 4 rings (SSSR count). The third-order valence-corrected chi connectivity index (χ3v) is 8.27. The molecule has 10 heteroatoms. The molecule has 180 valence electrons. The molecule has 3 saturated heterocycles. The smallest absolute Gasteiger partial charge is 0.250 e. The van der Waals surface area contributed by atoms with Crippen molar-refractivity contribution >= 4 is 50.9 Å². The van der Waals surface area contributed by atoms with Crippen molar-refractivity contribution in [2.24, 2.45) is 11.8 Å². The van der Waals surface area contributed by atoms with Crippen LogP contribution in [0, 0.1) is 18.8 Å². The molecule has 0 radical (unpaired) electrons. The van der Waals surface area contributed by atoms with Crippen molar-refractivity contribution in [3.05, 3.63) is 28.8 Å². The van der Waals surface area contributed by atoms with Gasteiger partial charge in [-0.2, -0.15) is 0 Å². The van der Waals surface area contributed by atoms with Crippen molar-refractivity contribution < 1.29 is 24.2 Å². The number of fused-ring (bicyclic) bond motifs is 1. The van der Waals surface area contributed by atoms with E-state index in [1.165, 1.54) is 0 Å². The Morgan fingerprint density at radius 2 is 2.06 bits per heavy atom. The summed E-state index contributed by atoms with van der Waals surface area (Å²) in [5.41, 5.74) is 0.216. The summed E-state index contributed by atoms with van der Waals surface area (Å²) in [6.07, 6.45) is 1.95. The van der Waals surface area contributed by atoms with Gasteiger partial charge in [0.1, 0.15) is 11.6 Å². The van der Waals surface area contributed by atoms with Crippen molar-refractivity contribution in [1.82, 2.24) is 10.2 Å². The number of aryl methyl sites for hydroxylation is 1. The van der Waals surface area contributed by atoms with Crippen LogP contribution < -0.4 is 10.6 Å². The van der Waals surface area contributed by atoms with Gasteiger partial charge in [-0.3, -0.25) is 14.4 Å². The lowest BCUT2D eigenvalue weighted by Gasteiger charge is -2.34. The molecule has 3 unspecified atom stereocenters. The number of hydrogen-bond donors (Lipinski definition) is 3. The highest BCUT2D eigenvalue weighted by atomic mass is 79.9. The van der Waals surface area contributed by atoms with Gasteiger partial charge in [0.2, 0.25) is 17.7 Å². The molecular formula is C23H29BrClN3O5. The van der Waals surface area contributed by atoms with E-state index in [-0.39, 0.29) is 29.2 Å². The van der Waals surface area contributed by atoms with Gasteiger partial charge < -0.3 is 25.4 Å². The molecule has 3 N–H and O–H groups in total. The highest BCUT2D eigenvalue weighted by Crippen LogP contribution is 2.60. The van der Waals surface area contributed by atoms with Crippen LogP contribution in [0.1, 0.15) is 31.2 Å².